The number of aromatic nitrogens is 3. The molecule has 2 heterocycles. The third kappa shape index (κ3) is 4.10. The molecule has 0 fully saturated rings. The van der Waals surface area contributed by atoms with Gasteiger partial charge in [-0.25, -0.2) is 4.98 Å². The molecule has 2 aromatic carbocycles. The molecule has 0 radical (unpaired) electrons. The molecule has 0 amide bonds. The first-order chi connectivity index (χ1) is 13.2. The minimum absolute atomic E-state index is 0.832. The Morgan fingerprint density at radius 2 is 1.74 bits per heavy atom. The van der Waals surface area contributed by atoms with Crippen molar-refractivity contribution in [2.75, 3.05) is 5.75 Å². The molecular formula is C22H19N3S2. The van der Waals surface area contributed by atoms with E-state index in [0.29, 0.717) is 0 Å². The van der Waals surface area contributed by atoms with Crippen LogP contribution in [0.15, 0.2) is 65.7 Å². The van der Waals surface area contributed by atoms with Crippen LogP contribution >= 0.6 is 23.1 Å². The van der Waals surface area contributed by atoms with Crippen LogP contribution in [0.5, 0.6) is 0 Å². The smallest absolute Gasteiger partial charge is 0.146 e. The number of thioether (sulfide) groups is 1. The lowest BCUT2D eigenvalue weighted by Crippen LogP contribution is -1.92. The van der Waals surface area contributed by atoms with Crippen molar-refractivity contribution in [3.8, 4) is 11.3 Å². The summed E-state index contributed by atoms with van der Waals surface area (Å²) in [6.07, 6.45) is 4.28. The molecule has 0 saturated heterocycles. The van der Waals surface area contributed by atoms with E-state index < -0.39 is 0 Å². The zero-order valence-corrected chi connectivity index (χ0v) is 16.8. The first-order valence-corrected chi connectivity index (χ1v) is 10.6. The Balaban J connectivity index is 1.60. The zero-order valence-electron chi connectivity index (χ0n) is 15.2. The van der Waals surface area contributed by atoms with Crippen LogP contribution in [0.4, 0.5) is 0 Å². The summed E-state index contributed by atoms with van der Waals surface area (Å²) in [6.45, 7) is 4.12. The SMILES string of the molecule is Cc1ccc(-c2nnc(SC/C=C/c3ccccc3)c3nc(C)sc23)cc1. The number of nitrogens with zero attached hydrogens (tertiary/aromatic N) is 3. The monoisotopic (exact) mass is 389 g/mol. The molecule has 5 heteroatoms. The standard InChI is InChI=1S/C22H19N3S2/c1-15-10-12-18(13-11-15)19-21-20(23-16(2)27-21)22(25-24-19)26-14-6-9-17-7-4-3-5-8-17/h3-13H,14H2,1-2H3/b9-6+. The summed E-state index contributed by atoms with van der Waals surface area (Å²) >= 11 is 3.36. The van der Waals surface area contributed by atoms with Crippen molar-refractivity contribution in [1.29, 1.82) is 0 Å². The van der Waals surface area contributed by atoms with Crippen LogP contribution in [-0.2, 0) is 0 Å². The molecule has 4 aromatic rings. The molecule has 4 rings (SSSR count). The number of hydrogen-bond acceptors (Lipinski definition) is 5. The molecule has 0 saturated carbocycles. The van der Waals surface area contributed by atoms with Gasteiger partial charge in [-0.1, -0.05) is 84.1 Å². The Hall–Kier alpha value is -2.50. The van der Waals surface area contributed by atoms with E-state index in [0.717, 1.165) is 37.3 Å². The lowest BCUT2D eigenvalue weighted by atomic mass is 10.1. The third-order valence-electron chi connectivity index (χ3n) is 4.14. The lowest BCUT2D eigenvalue weighted by Gasteiger charge is -2.04. The highest BCUT2D eigenvalue weighted by atomic mass is 32.2. The largest absolute Gasteiger partial charge is 0.238 e. The van der Waals surface area contributed by atoms with Crippen molar-refractivity contribution in [1.82, 2.24) is 15.2 Å². The number of fused-ring (bicyclic) bond motifs is 1. The van der Waals surface area contributed by atoms with E-state index >= 15 is 0 Å². The van der Waals surface area contributed by atoms with Crippen molar-refractivity contribution in [3.05, 3.63) is 76.8 Å². The van der Waals surface area contributed by atoms with E-state index in [-0.39, 0.29) is 0 Å². The molecule has 3 nitrogen and oxygen atoms in total. The van der Waals surface area contributed by atoms with Gasteiger partial charge in [-0.2, -0.15) is 0 Å². The average Bonchev–Trinajstić information content (AvgIpc) is 3.08. The van der Waals surface area contributed by atoms with Gasteiger partial charge in [-0.15, -0.1) is 21.5 Å². The normalized spacial score (nSPS) is 11.5. The molecular weight excluding hydrogens is 370 g/mol. The van der Waals surface area contributed by atoms with E-state index in [9.17, 15) is 0 Å². The van der Waals surface area contributed by atoms with Gasteiger partial charge in [0, 0.05) is 11.3 Å². The fourth-order valence-electron chi connectivity index (χ4n) is 2.79. The highest BCUT2D eigenvalue weighted by Crippen LogP contribution is 2.35. The first kappa shape index (κ1) is 17.9. The molecule has 27 heavy (non-hydrogen) atoms. The van der Waals surface area contributed by atoms with E-state index in [1.54, 1.807) is 23.1 Å². The summed E-state index contributed by atoms with van der Waals surface area (Å²) < 4.78 is 1.11. The second kappa shape index (κ2) is 8.03. The highest BCUT2D eigenvalue weighted by molar-refractivity contribution is 7.99. The van der Waals surface area contributed by atoms with Crippen LogP contribution in [0.2, 0.25) is 0 Å². The Labute approximate surface area is 167 Å². The Kier molecular flexibility index (Phi) is 5.32. The molecule has 0 unspecified atom stereocenters. The van der Waals surface area contributed by atoms with E-state index in [2.05, 4.69) is 65.7 Å². The molecule has 0 N–H and O–H groups in total. The number of hydrogen-bond donors (Lipinski definition) is 0. The van der Waals surface area contributed by atoms with Crippen molar-refractivity contribution in [2.45, 2.75) is 18.9 Å². The molecule has 0 bridgehead atoms. The summed E-state index contributed by atoms with van der Waals surface area (Å²) in [5, 5.41) is 10.9. The van der Waals surface area contributed by atoms with Gasteiger partial charge in [-0.05, 0) is 19.4 Å². The van der Waals surface area contributed by atoms with Crippen LogP contribution in [0.25, 0.3) is 27.6 Å². The summed E-state index contributed by atoms with van der Waals surface area (Å²) in [7, 11) is 0. The topological polar surface area (TPSA) is 38.7 Å². The Bertz CT molecular complexity index is 1080. The minimum Gasteiger partial charge on any atom is -0.238 e. The van der Waals surface area contributed by atoms with Crippen molar-refractivity contribution in [2.24, 2.45) is 0 Å². The fourth-order valence-corrected chi connectivity index (χ4v) is 4.52. The van der Waals surface area contributed by atoms with Crippen LogP contribution in [0.1, 0.15) is 16.1 Å². The minimum atomic E-state index is 0.832. The van der Waals surface area contributed by atoms with Crippen LogP contribution in [0, 0.1) is 13.8 Å². The maximum atomic E-state index is 4.72. The Morgan fingerprint density at radius 3 is 2.52 bits per heavy atom. The van der Waals surface area contributed by atoms with Gasteiger partial charge in [0.2, 0.25) is 0 Å². The summed E-state index contributed by atoms with van der Waals surface area (Å²) in [5.74, 6) is 0.832. The van der Waals surface area contributed by atoms with Crippen molar-refractivity contribution in [3.63, 3.8) is 0 Å². The van der Waals surface area contributed by atoms with Gasteiger partial charge >= 0.3 is 0 Å². The molecule has 0 atom stereocenters. The van der Waals surface area contributed by atoms with Gasteiger partial charge < -0.3 is 0 Å². The molecule has 0 aliphatic heterocycles. The summed E-state index contributed by atoms with van der Waals surface area (Å²) in [5.41, 5.74) is 5.40. The molecule has 0 aliphatic rings. The quantitative estimate of drug-likeness (QED) is 0.382. The highest BCUT2D eigenvalue weighted by Gasteiger charge is 2.15. The van der Waals surface area contributed by atoms with E-state index in [1.165, 1.54) is 11.1 Å². The molecule has 2 aromatic heterocycles. The van der Waals surface area contributed by atoms with Crippen molar-refractivity contribution >= 4 is 39.4 Å². The lowest BCUT2D eigenvalue weighted by molar-refractivity contribution is 0.956. The van der Waals surface area contributed by atoms with E-state index in [1.807, 2.05) is 25.1 Å². The maximum absolute atomic E-state index is 4.72. The number of aryl methyl sites for hydroxylation is 2. The van der Waals surface area contributed by atoms with Crippen LogP contribution in [-0.4, -0.2) is 20.9 Å². The van der Waals surface area contributed by atoms with Crippen LogP contribution in [0.3, 0.4) is 0 Å². The van der Waals surface area contributed by atoms with Gasteiger partial charge in [0.25, 0.3) is 0 Å². The summed E-state index contributed by atoms with van der Waals surface area (Å²) in [4.78, 5) is 4.72. The van der Waals surface area contributed by atoms with Gasteiger partial charge in [0.05, 0.1) is 9.71 Å². The Morgan fingerprint density at radius 1 is 0.963 bits per heavy atom. The fraction of sp³-hybridized carbons (Fsp3) is 0.136. The first-order valence-electron chi connectivity index (χ1n) is 8.76. The third-order valence-corrected chi connectivity index (χ3v) is 6.03. The number of thiazole rings is 1. The van der Waals surface area contributed by atoms with Crippen molar-refractivity contribution < 1.29 is 0 Å². The molecule has 0 aliphatic carbocycles. The second-order valence-corrected chi connectivity index (χ2v) is 8.47. The van der Waals surface area contributed by atoms with Crippen LogP contribution < -0.4 is 0 Å². The van der Waals surface area contributed by atoms with Gasteiger partial charge in [-0.3, -0.25) is 0 Å². The molecule has 134 valence electrons. The maximum Gasteiger partial charge on any atom is 0.146 e. The predicted molar refractivity (Wildman–Crippen MR) is 116 cm³/mol. The number of benzene rings is 2. The van der Waals surface area contributed by atoms with Gasteiger partial charge in [0.1, 0.15) is 16.2 Å². The predicted octanol–water partition coefficient (Wildman–Crippen LogP) is 6.18. The average molecular weight is 390 g/mol. The zero-order chi connectivity index (χ0) is 18.6. The second-order valence-electron chi connectivity index (χ2n) is 6.25. The van der Waals surface area contributed by atoms with E-state index in [4.69, 9.17) is 4.98 Å². The summed E-state index contributed by atoms with van der Waals surface area (Å²) in [6, 6.07) is 18.7. The number of rotatable bonds is 5. The molecule has 0 spiro atoms. The van der Waals surface area contributed by atoms with Gasteiger partial charge in [0.15, 0.2) is 0 Å².